The maximum absolute atomic E-state index is 12.2. The first-order valence-corrected chi connectivity index (χ1v) is 8.90. The Morgan fingerprint density at radius 1 is 1.27 bits per heavy atom. The molecular formula is C15H17NO4S2. The van der Waals surface area contributed by atoms with Crippen LogP contribution in [0.4, 0.5) is 0 Å². The Balaban J connectivity index is 2.06. The first-order chi connectivity index (χ1) is 10.3. The van der Waals surface area contributed by atoms with Gasteiger partial charge in [0, 0.05) is 7.05 Å². The van der Waals surface area contributed by atoms with E-state index in [1.807, 2.05) is 26.0 Å². The molecule has 7 heteroatoms. The summed E-state index contributed by atoms with van der Waals surface area (Å²) in [5.74, 6) is -0.174. The second-order valence-electron chi connectivity index (χ2n) is 4.94. The first-order valence-electron chi connectivity index (χ1n) is 6.58. The summed E-state index contributed by atoms with van der Waals surface area (Å²) in [5, 5.41) is 1.68. The number of hydrogen-bond acceptors (Lipinski definition) is 5. The zero-order chi connectivity index (χ0) is 16.3. The Labute approximate surface area is 134 Å². The fraction of sp³-hybridized carbons (Fsp3) is 0.267. The van der Waals surface area contributed by atoms with Gasteiger partial charge in [-0.2, -0.15) is 4.31 Å². The molecule has 0 amide bonds. The maximum atomic E-state index is 12.2. The maximum Gasteiger partial charge on any atom is 0.326 e. The second kappa shape index (κ2) is 6.60. The second-order valence-corrected chi connectivity index (χ2v) is 8.16. The molecule has 0 N–H and O–H groups in total. The third-order valence-corrected chi connectivity index (χ3v) is 6.24. The van der Waals surface area contributed by atoms with Crippen LogP contribution in [0.2, 0.25) is 0 Å². The molecule has 0 bridgehead atoms. The Bertz CT molecular complexity index is 767. The van der Waals surface area contributed by atoms with Crippen LogP contribution >= 0.6 is 11.3 Å². The van der Waals surface area contributed by atoms with Gasteiger partial charge in [-0.3, -0.25) is 4.79 Å². The molecule has 0 unspecified atom stereocenters. The summed E-state index contributed by atoms with van der Waals surface area (Å²) in [7, 11) is -2.29. The largest absolute Gasteiger partial charge is 0.425 e. The van der Waals surface area contributed by atoms with E-state index in [-0.39, 0.29) is 10.8 Å². The number of hydrogen-bond donors (Lipinski definition) is 0. The molecule has 0 saturated heterocycles. The Kier molecular flexibility index (Phi) is 5.00. The Morgan fingerprint density at radius 2 is 2.00 bits per heavy atom. The van der Waals surface area contributed by atoms with E-state index in [1.165, 1.54) is 13.1 Å². The van der Waals surface area contributed by atoms with Gasteiger partial charge in [-0.05, 0) is 36.9 Å². The summed E-state index contributed by atoms with van der Waals surface area (Å²) in [4.78, 5) is 12.0. The number of likely N-dealkylation sites (N-methyl/N-ethyl adjacent to an activating group) is 1. The molecular weight excluding hydrogens is 322 g/mol. The van der Waals surface area contributed by atoms with Crippen LogP contribution in [-0.2, 0) is 14.8 Å². The van der Waals surface area contributed by atoms with Gasteiger partial charge in [0.15, 0.2) is 0 Å². The van der Waals surface area contributed by atoms with E-state index in [9.17, 15) is 13.2 Å². The topological polar surface area (TPSA) is 63.7 Å². The summed E-state index contributed by atoms with van der Waals surface area (Å²) < 4.78 is 30.9. The van der Waals surface area contributed by atoms with E-state index in [4.69, 9.17) is 4.74 Å². The zero-order valence-electron chi connectivity index (χ0n) is 12.6. The smallest absolute Gasteiger partial charge is 0.326 e. The van der Waals surface area contributed by atoms with E-state index in [2.05, 4.69) is 0 Å². The molecule has 0 aliphatic carbocycles. The lowest BCUT2D eigenvalue weighted by Gasteiger charge is -2.15. The summed E-state index contributed by atoms with van der Waals surface area (Å²) in [6, 6.07) is 8.60. The van der Waals surface area contributed by atoms with Crippen molar-refractivity contribution in [2.75, 3.05) is 13.6 Å². The SMILES string of the molecule is Cc1ccc(OC(=O)CN(C)S(=O)(=O)c2cccs2)c(C)c1. The quantitative estimate of drug-likeness (QED) is 0.620. The van der Waals surface area contributed by atoms with Gasteiger partial charge in [0.2, 0.25) is 0 Å². The fourth-order valence-electron chi connectivity index (χ4n) is 1.90. The van der Waals surface area contributed by atoms with Gasteiger partial charge in [0.1, 0.15) is 16.5 Å². The number of benzene rings is 1. The van der Waals surface area contributed by atoms with Crippen molar-refractivity contribution in [1.82, 2.24) is 4.31 Å². The standard InChI is InChI=1S/C15H17NO4S2/c1-11-6-7-13(12(2)9-11)20-14(17)10-16(3)22(18,19)15-5-4-8-21-15/h4-9H,10H2,1-3H3. The van der Waals surface area contributed by atoms with Crippen LogP contribution in [0.25, 0.3) is 0 Å². The van der Waals surface area contributed by atoms with Gasteiger partial charge in [0.05, 0.1) is 0 Å². The summed E-state index contributed by atoms with van der Waals surface area (Å²) in [6.45, 7) is 3.44. The van der Waals surface area contributed by atoms with Crippen molar-refractivity contribution in [1.29, 1.82) is 0 Å². The van der Waals surface area contributed by atoms with Crippen molar-refractivity contribution in [3.05, 3.63) is 46.8 Å². The molecule has 0 radical (unpaired) electrons. The fourth-order valence-corrected chi connectivity index (χ4v) is 4.22. The third-order valence-electron chi connectivity index (χ3n) is 3.07. The molecule has 0 saturated carbocycles. The molecule has 22 heavy (non-hydrogen) atoms. The number of sulfonamides is 1. The summed E-state index contributed by atoms with van der Waals surface area (Å²) in [5.41, 5.74) is 1.90. The number of carbonyl (C=O) groups excluding carboxylic acids is 1. The van der Waals surface area contributed by atoms with Crippen LogP contribution in [0, 0.1) is 13.8 Å². The van der Waals surface area contributed by atoms with Gasteiger partial charge < -0.3 is 4.74 Å². The van der Waals surface area contributed by atoms with Crippen molar-refractivity contribution in [3.63, 3.8) is 0 Å². The van der Waals surface area contributed by atoms with Crippen LogP contribution in [0.1, 0.15) is 11.1 Å². The molecule has 5 nitrogen and oxygen atoms in total. The summed E-state index contributed by atoms with van der Waals surface area (Å²) >= 11 is 1.11. The van der Waals surface area contributed by atoms with E-state index in [0.29, 0.717) is 5.75 Å². The van der Waals surface area contributed by atoms with Crippen LogP contribution in [0.5, 0.6) is 5.75 Å². The van der Waals surface area contributed by atoms with Crippen molar-refractivity contribution < 1.29 is 17.9 Å². The van der Waals surface area contributed by atoms with Crippen molar-refractivity contribution in [3.8, 4) is 5.75 Å². The van der Waals surface area contributed by atoms with Crippen molar-refractivity contribution in [2.45, 2.75) is 18.1 Å². The molecule has 1 aromatic carbocycles. The third kappa shape index (κ3) is 3.73. The number of aryl methyl sites for hydroxylation is 2. The monoisotopic (exact) mass is 339 g/mol. The molecule has 2 rings (SSSR count). The Morgan fingerprint density at radius 3 is 2.59 bits per heavy atom. The van der Waals surface area contributed by atoms with Gasteiger partial charge >= 0.3 is 5.97 Å². The number of thiophene rings is 1. The molecule has 0 spiro atoms. The van der Waals surface area contributed by atoms with E-state index >= 15 is 0 Å². The van der Waals surface area contributed by atoms with Crippen LogP contribution in [0.15, 0.2) is 39.9 Å². The van der Waals surface area contributed by atoms with Crippen LogP contribution < -0.4 is 4.74 Å². The normalized spacial score (nSPS) is 11.6. The number of rotatable bonds is 5. The highest BCUT2D eigenvalue weighted by molar-refractivity contribution is 7.91. The Hall–Kier alpha value is -1.70. The molecule has 0 atom stereocenters. The molecule has 1 heterocycles. The van der Waals surface area contributed by atoms with Crippen LogP contribution in [-0.4, -0.2) is 32.3 Å². The molecule has 0 aliphatic rings. The average Bonchev–Trinajstić information content (AvgIpc) is 2.96. The lowest BCUT2D eigenvalue weighted by atomic mass is 10.1. The minimum Gasteiger partial charge on any atom is -0.425 e. The number of ether oxygens (including phenoxy) is 1. The van der Waals surface area contributed by atoms with Crippen molar-refractivity contribution in [2.24, 2.45) is 0 Å². The molecule has 0 fully saturated rings. The van der Waals surface area contributed by atoms with Gasteiger partial charge in [-0.15, -0.1) is 11.3 Å². The van der Waals surface area contributed by atoms with Gasteiger partial charge in [-0.25, -0.2) is 8.42 Å². The van der Waals surface area contributed by atoms with E-state index in [0.717, 1.165) is 26.8 Å². The highest BCUT2D eigenvalue weighted by Gasteiger charge is 2.24. The lowest BCUT2D eigenvalue weighted by molar-refractivity contribution is -0.134. The average molecular weight is 339 g/mol. The van der Waals surface area contributed by atoms with E-state index < -0.39 is 16.0 Å². The van der Waals surface area contributed by atoms with Gasteiger partial charge in [-0.1, -0.05) is 23.8 Å². The summed E-state index contributed by atoms with van der Waals surface area (Å²) in [6.07, 6.45) is 0. The first kappa shape index (κ1) is 16.7. The predicted octanol–water partition coefficient (Wildman–Crippen LogP) is 2.59. The van der Waals surface area contributed by atoms with Crippen LogP contribution in [0.3, 0.4) is 0 Å². The number of esters is 1. The minimum absolute atomic E-state index is 0.203. The van der Waals surface area contributed by atoms with E-state index in [1.54, 1.807) is 17.5 Å². The van der Waals surface area contributed by atoms with Gasteiger partial charge in [0.25, 0.3) is 10.0 Å². The highest BCUT2D eigenvalue weighted by atomic mass is 32.2. The minimum atomic E-state index is -3.65. The van der Waals surface area contributed by atoms with Crippen molar-refractivity contribution >= 4 is 27.3 Å². The number of carbonyl (C=O) groups is 1. The molecule has 118 valence electrons. The number of nitrogens with zero attached hydrogens (tertiary/aromatic N) is 1. The molecule has 0 aliphatic heterocycles. The molecule has 1 aromatic heterocycles. The zero-order valence-corrected chi connectivity index (χ0v) is 14.2. The lowest BCUT2D eigenvalue weighted by Crippen LogP contribution is -2.33. The highest BCUT2D eigenvalue weighted by Crippen LogP contribution is 2.21. The molecule has 2 aromatic rings. The predicted molar refractivity (Wildman–Crippen MR) is 85.7 cm³/mol.